The van der Waals surface area contributed by atoms with Gasteiger partial charge in [-0.1, -0.05) is 0 Å². The molecule has 2 N–H and O–H groups in total. The number of carboxylic acids is 1. The molecule has 5 heteroatoms. The van der Waals surface area contributed by atoms with E-state index in [1.165, 1.54) is 25.2 Å². The van der Waals surface area contributed by atoms with Gasteiger partial charge in [-0.15, -0.1) is 11.3 Å². The van der Waals surface area contributed by atoms with E-state index < -0.39 is 17.5 Å². The second-order valence-corrected chi connectivity index (χ2v) is 4.23. The Balaban J connectivity index is 2.90. The lowest BCUT2D eigenvalue weighted by Gasteiger charge is -2.23. The number of aliphatic hydroxyl groups is 1. The van der Waals surface area contributed by atoms with Gasteiger partial charge in [0.05, 0.1) is 5.41 Å². The minimum Gasteiger partial charge on any atom is -0.481 e. The van der Waals surface area contributed by atoms with Gasteiger partial charge < -0.3 is 10.2 Å². The van der Waals surface area contributed by atoms with Gasteiger partial charge in [0.25, 0.3) is 0 Å². The summed E-state index contributed by atoms with van der Waals surface area (Å²) in [6.45, 7) is 2.95. The van der Waals surface area contributed by atoms with Crippen molar-refractivity contribution >= 4 is 17.3 Å². The molecule has 0 amide bonds. The molecular weight excluding hydrogens is 190 g/mol. The largest absolute Gasteiger partial charge is 0.481 e. The molecule has 0 fully saturated rings. The maximum Gasteiger partial charge on any atom is 0.312 e. The van der Waals surface area contributed by atoms with Crippen LogP contribution in [0, 0.1) is 5.41 Å². The van der Waals surface area contributed by atoms with Crippen LogP contribution >= 0.6 is 11.3 Å². The number of nitrogens with zero attached hydrogens (tertiary/aromatic N) is 1. The fraction of sp³-hybridized carbons (Fsp3) is 0.500. The lowest BCUT2D eigenvalue weighted by Crippen LogP contribution is -2.31. The van der Waals surface area contributed by atoms with Crippen LogP contribution in [0.5, 0.6) is 0 Å². The molecule has 0 radical (unpaired) electrons. The molecule has 1 rings (SSSR count). The van der Waals surface area contributed by atoms with Crippen LogP contribution in [-0.2, 0) is 4.79 Å². The van der Waals surface area contributed by atoms with Crippen molar-refractivity contribution in [3.05, 3.63) is 16.6 Å². The summed E-state index contributed by atoms with van der Waals surface area (Å²) in [7, 11) is 0. The third kappa shape index (κ3) is 1.87. The monoisotopic (exact) mass is 201 g/mol. The highest BCUT2D eigenvalue weighted by Gasteiger charge is 2.38. The molecule has 0 aliphatic heterocycles. The lowest BCUT2D eigenvalue weighted by atomic mass is 9.87. The summed E-state index contributed by atoms with van der Waals surface area (Å²) in [4.78, 5) is 14.6. The molecule has 1 atom stereocenters. The molecule has 1 aromatic rings. The van der Waals surface area contributed by atoms with Crippen molar-refractivity contribution in [1.29, 1.82) is 0 Å². The Kier molecular flexibility index (Phi) is 2.68. The van der Waals surface area contributed by atoms with E-state index in [0.29, 0.717) is 5.01 Å². The standard InChI is InChI=1S/C8H11NO3S/c1-8(2,7(11)12)5(10)6-9-3-4-13-6/h3-5,10H,1-2H3,(H,11,12). The SMILES string of the molecule is CC(C)(C(=O)O)C(O)c1nccs1. The highest BCUT2D eigenvalue weighted by atomic mass is 32.1. The summed E-state index contributed by atoms with van der Waals surface area (Å²) >= 11 is 1.25. The quantitative estimate of drug-likeness (QED) is 0.773. The minimum atomic E-state index is -1.20. The van der Waals surface area contributed by atoms with Gasteiger partial charge in [-0.3, -0.25) is 4.79 Å². The van der Waals surface area contributed by atoms with Crippen molar-refractivity contribution in [3.8, 4) is 0 Å². The molecule has 72 valence electrons. The van der Waals surface area contributed by atoms with Crippen molar-refractivity contribution in [2.75, 3.05) is 0 Å². The van der Waals surface area contributed by atoms with Crippen LogP contribution in [0.1, 0.15) is 25.0 Å². The Labute approximate surface area is 79.9 Å². The first-order chi connectivity index (χ1) is 5.96. The predicted octanol–water partition coefficient (Wildman–Crippen LogP) is 1.29. The summed E-state index contributed by atoms with van der Waals surface area (Å²) in [5.74, 6) is -1.03. The van der Waals surface area contributed by atoms with Crippen LogP contribution in [-0.4, -0.2) is 21.2 Å². The number of hydrogen-bond donors (Lipinski definition) is 2. The van der Waals surface area contributed by atoms with Crippen LogP contribution in [0.25, 0.3) is 0 Å². The topological polar surface area (TPSA) is 70.4 Å². The van der Waals surface area contributed by atoms with Gasteiger partial charge in [-0.05, 0) is 13.8 Å². The first-order valence-corrected chi connectivity index (χ1v) is 4.65. The number of carbonyl (C=O) groups is 1. The van der Waals surface area contributed by atoms with Crippen LogP contribution < -0.4 is 0 Å². The summed E-state index contributed by atoms with van der Waals surface area (Å²) < 4.78 is 0. The van der Waals surface area contributed by atoms with E-state index in [4.69, 9.17) is 5.11 Å². The predicted molar refractivity (Wildman–Crippen MR) is 48.5 cm³/mol. The summed E-state index contributed by atoms with van der Waals surface area (Å²) in [6, 6.07) is 0. The van der Waals surface area contributed by atoms with Gasteiger partial charge in [0.1, 0.15) is 11.1 Å². The van der Waals surface area contributed by atoms with Crippen molar-refractivity contribution in [2.45, 2.75) is 20.0 Å². The second-order valence-electron chi connectivity index (χ2n) is 3.30. The summed E-state index contributed by atoms with van der Waals surface area (Å²) in [6.07, 6.45) is 0.492. The van der Waals surface area contributed by atoms with Gasteiger partial charge in [-0.25, -0.2) is 4.98 Å². The summed E-state index contributed by atoms with van der Waals surface area (Å²) in [5, 5.41) is 20.6. The normalized spacial score (nSPS) is 14.1. The van der Waals surface area contributed by atoms with Crippen molar-refractivity contribution in [3.63, 3.8) is 0 Å². The third-order valence-corrected chi connectivity index (χ3v) is 2.75. The van der Waals surface area contributed by atoms with Gasteiger partial charge in [0.2, 0.25) is 0 Å². The highest BCUT2D eigenvalue weighted by molar-refractivity contribution is 7.09. The first kappa shape index (κ1) is 10.1. The molecule has 0 aliphatic carbocycles. The Morgan fingerprint density at radius 3 is 2.69 bits per heavy atom. The zero-order valence-electron chi connectivity index (χ0n) is 7.39. The molecule has 0 saturated carbocycles. The fourth-order valence-electron chi connectivity index (χ4n) is 0.795. The molecule has 0 saturated heterocycles. The molecule has 0 bridgehead atoms. The smallest absolute Gasteiger partial charge is 0.312 e. The Morgan fingerprint density at radius 2 is 2.31 bits per heavy atom. The van der Waals surface area contributed by atoms with Gasteiger partial charge in [0.15, 0.2) is 0 Å². The van der Waals surface area contributed by atoms with Crippen LogP contribution in [0.3, 0.4) is 0 Å². The van der Waals surface area contributed by atoms with Gasteiger partial charge in [0, 0.05) is 11.6 Å². The van der Waals surface area contributed by atoms with E-state index in [2.05, 4.69) is 4.98 Å². The zero-order chi connectivity index (χ0) is 10.1. The number of thiazole rings is 1. The molecule has 0 spiro atoms. The molecular formula is C8H11NO3S. The number of aromatic nitrogens is 1. The van der Waals surface area contributed by atoms with E-state index in [1.54, 1.807) is 11.6 Å². The number of aliphatic hydroxyl groups excluding tert-OH is 1. The molecule has 1 unspecified atom stereocenters. The van der Waals surface area contributed by atoms with E-state index >= 15 is 0 Å². The Bertz CT molecular complexity index is 294. The average Bonchev–Trinajstić information content (AvgIpc) is 2.54. The molecule has 4 nitrogen and oxygen atoms in total. The zero-order valence-corrected chi connectivity index (χ0v) is 8.21. The summed E-state index contributed by atoms with van der Waals surface area (Å²) in [5.41, 5.74) is -1.20. The molecule has 1 heterocycles. The van der Waals surface area contributed by atoms with Gasteiger partial charge >= 0.3 is 5.97 Å². The Hall–Kier alpha value is -0.940. The van der Waals surface area contributed by atoms with E-state index in [1.807, 2.05) is 0 Å². The van der Waals surface area contributed by atoms with Crippen LogP contribution in [0.15, 0.2) is 11.6 Å². The fourth-order valence-corrected chi connectivity index (χ4v) is 1.60. The van der Waals surface area contributed by atoms with Crippen molar-refractivity contribution in [2.24, 2.45) is 5.41 Å². The third-order valence-electron chi connectivity index (χ3n) is 1.92. The van der Waals surface area contributed by atoms with Crippen LogP contribution in [0.4, 0.5) is 0 Å². The Morgan fingerprint density at radius 1 is 1.69 bits per heavy atom. The van der Waals surface area contributed by atoms with E-state index in [0.717, 1.165) is 0 Å². The maximum atomic E-state index is 10.8. The number of rotatable bonds is 3. The molecule has 13 heavy (non-hydrogen) atoms. The van der Waals surface area contributed by atoms with Crippen LogP contribution in [0.2, 0.25) is 0 Å². The number of aliphatic carboxylic acids is 1. The lowest BCUT2D eigenvalue weighted by molar-refractivity contribution is -0.153. The number of carboxylic acid groups (broad SMARTS) is 1. The second kappa shape index (κ2) is 3.43. The van der Waals surface area contributed by atoms with Crippen molar-refractivity contribution in [1.82, 2.24) is 4.98 Å². The highest BCUT2D eigenvalue weighted by Crippen LogP contribution is 2.34. The van der Waals surface area contributed by atoms with E-state index in [9.17, 15) is 9.90 Å². The number of hydrogen-bond acceptors (Lipinski definition) is 4. The van der Waals surface area contributed by atoms with Crippen molar-refractivity contribution < 1.29 is 15.0 Å². The van der Waals surface area contributed by atoms with Gasteiger partial charge in [-0.2, -0.15) is 0 Å². The maximum absolute atomic E-state index is 10.8. The molecule has 0 aromatic carbocycles. The molecule has 1 aromatic heterocycles. The first-order valence-electron chi connectivity index (χ1n) is 3.77. The minimum absolute atomic E-state index is 0.437. The van der Waals surface area contributed by atoms with E-state index in [-0.39, 0.29) is 0 Å². The average molecular weight is 201 g/mol. The molecule has 0 aliphatic rings.